The van der Waals surface area contributed by atoms with Crippen molar-refractivity contribution in [2.24, 2.45) is 5.41 Å². The van der Waals surface area contributed by atoms with Crippen molar-refractivity contribution >= 4 is 10.8 Å². The Hall–Kier alpha value is -1.94. The highest BCUT2D eigenvalue weighted by molar-refractivity contribution is 5.93. The summed E-state index contributed by atoms with van der Waals surface area (Å²) in [4.78, 5) is 0. The van der Waals surface area contributed by atoms with Crippen molar-refractivity contribution in [3.63, 3.8) is 0 Å². The number of benzene rings is 2. The third-order valence-electron chi connectivity index (χ3n) is 6.02. The Labute approximate surface area is 163 Å². The Balaban J connectivity index is 2.35. The zero-order valence-corrected chi connectivity index (χ0v) is 17.8. The van der Waals surface area contributed by atoms with E-state index in [1.54, 1.807) is 21.3 Å². The standard InChI is InChI=1S/C23H34O4/c1-8-23(9-2,10-3)15-27-16(4)17-11-12-19-18(13-17)14-20(24-5)22(26-7)21(19)25-6/h11-14,16H,8-10,15H2,1-7H3. The molecule has 0 N–H and O–H groups in total. The van der Waals surface area contributed by atoms with Gasteiger partial charge in [-0.25, -0.2) is 0 Å². The summed E-state index contributed by atoms with van der Waals surface area (Å²) in [6.07, 6.45) is 3.44. The summed E-state index contributed by atoms with van der Waals surface area (Å²) in [6.45, 7) is 9.66. The summed E-state index contributed by atoms with van der Waals surface area (Å²) in [5, 5.41) is 2.04. The van der Waals surface area contributed by atoms with Gasteiger partial charge in [0.25, 0.3) is 0 Å². The summed E-state index contributed by atoms with van der Waals surface area (Å²) in [7, 11) is 4.91. The fourth-order valence-corrected chi connectivity index (χ4v) is 3.60. The first kappa shape index (κ1) is 21.4. The van der Waals surface area contributed by atoms with Gasteiger partial charge in [0.1, 0.15) is 0 Å². The summed E-state index contributed by atoms with van der Waals surface area (Å²) in [5.41, 5.74) is 1.42. The van der Waals surface area contributed by atoms with Crippen LogP contribution in [0.5, 0.6) is 17.2 Å². The van der Waals surface area contributed by atoms with E-state index >= 15 is 0 Å². The SMILES string of the molecule is CCC(CC)(CC)COC(C)c1ccc2c(OC)c(OC)c(OC)cc2c1. The molecule has 0 aliphatic rings. The molecule has 1 unspecified atom stereocenters. The summed E-state index contributed by atoms with van der Waals surface area (Å²) < 4.78 is 22.8. The molecular weight excluding hydrogens is 340 g/mol. The smallest absolute Gasteiger partial charge is 0.203 e. The van der Waals surface area contributed by atoms with Crippen molar-refractivity contribution in [2.75, 3.05) is 27.9 Å². The second-order valence-electron chi connectivity index (χ2n) is 7.14. The van der Waals surface area contributed by atoms with Gasteiger partial charge in [-0.1, -0.05) is 32.9 Å². The van der Waals surface area contributed by atoms with Crippen LogP contribution in [0, 0.1) is 5.41 Å². The molecule has 0 aliphatic heterocycles. The quantitative estimate of drug-likeness (QED) is 0.499. The van der Waals surface area contributed by atoms with E-state index in [4.69, 9.17) is 18.9 Å². The average molecular weight is 375 g/mol. The molecule has 0 heterocycles. The minimum absolute atomic E-state index is 0.0255. The third kappa shape index (κ3) is 4.32. The van der Waals surface area contributed by atoms with E-state index in [0.29, 0.717) is 17.2 Å². The van der Waals surface area contributed by atoms with Gasteiger partial charge in [0.2, 0.25) is 5.75 Å². The van der Waals surface area contributed by atoms with E-state index in [2.05, 4.69) is 45.9 Å². The van der Waals surface area contributed by atoms with Crippen LogP contribution >= 0.6 is 0 Å². The highest BCUT2D eigenvalue weighted by Gasteiger charge is 2.25. The van der Waals surface area contributed by atoms with E-state index in [1.165, 1.54) is 0 Å². The van der Waals surface area contributed by atoms with Gasteiger partial charge in [0, 0.05) is 5.39 Å². The highest BCUT2D eigenvalue weighted by atomic mass is 16.5. The molecule has 1 atom stereocenters. The molecule has 4 nitrogen and oxygen atoms in total. The van der Waals surface area contributed by atoms with Crippen LogP contribution in [-0.2, 0) is 4.74 Å². The molecule has 2 rings (SSSR count). The van der Waals surface area contributed by atoms with Gasteiger partial charge in [0.15, 0.2) is 11.5 Å². The van der Waals surface area contributed by atoms with Gasteiger partial charge in [-0.3, -0.25) is 0 Å². The highest BCUT2D eigenvalue weighted by Crippen LogP contribution is 2.44. The van der Waals surface area contributed by atoms with Crippen LogP contribution in [-0.4, -0.2) is 27.9 Å². The molecular formula is C23H34O4. The normalized spacial score (nSPS) is 12.9. The molecule has 150 valence electrons. The molecule has 27 heavy (non-hydrogen) atoms. The topological polar surface area (TPSA) is 36.9 Å². The van der Waals surface area contributed by atoms with Gasteiger partial charge in [-0.2, -0.15) is 0 Å². The molecule has 2 aromatic rings. The predicted molar refractivity (Wildman–Crippen MR) is 111 cm³/mol. The van der Waals surface area contributed by atoms with E-state index in [1.807, 2.05) is 6.07 Å². The minimum atomic E-state index is 0.0255. The van der Waals surface area contributed by atoms with Crippen LogP contribution in [0.15, 0.2) is 24.3 Å². The number of methoxy groups -OCH3 is 3. The van der Waals surface area contributed by atoms with E-state index < -0.39 is 0 Å². The van der Waals surface area contributed by atoms with Crippen molar-refractivity contribution in [2.45, 2.75) is 53.1 Å². The van der Waals surface area contributed by atoms with Crippen molar-refractivity contribution < 1.29 is 18.9 Å². The van der Waals surface area contributed by atoms with Gasteiger partial charge in [0.05, 0.1) is 34.0 Å². The Kier molecular flexibility index (Phi) is 7.37. The predicted octanol–water partition coefficient (Wildman–Crippen LogP) is 6.16. The number of rotatable bonds is 10. The fourth-order valence-electron chi connectivity index (χ4n) is 3.60. The maximum atomic E-state index is 6.29. The van der Waals surface area contributed by atoms with Crippen LogP contribution in [0.4, 0.5) is 0 Å². The Morgan fingerprint density at radius 2 is 1.48 bits per heavy atom. The monoisotopic (exact) mass is 374 g/mol. The summed E-state index contributed by atoms with van der Waals surface area (Å²) >= 11 is 0. The molecule has 4 heteroatoms. The van der Waals surface area contributed by atoms with Gasteiger partial charge < -0.3 is 18.9 Å². The van der Waals surface area contributed by atoms with Crippen LogP contribution in [0.2, 0.25) is 0 Å². The second-order valence-corrected chi connectivity index (χ2v) is 7.14. The molecule has 0 saturated carbocycles. The molecule has 2 aromatic carbocycles. The lowest BCUT2D eigenvalue weighted by atomic mass is 9.81. The van der Waals surface area contributed by atoms with Crippen LogP contribution in [0.1, 0.15) is 58.6 Å². The number of hydrogen-bond donors (Lipinski definition) is 0. The molecule has 0 radical (unpaired) electrons. The number of ether oxygens (including phenoxy) is 4. The average Bonchev–Trinajstić information content (AvgIpc) is 2.72. The molecule has 0 aliphatic carbocycles. The second kappa shape index (κ2) is 9.32. The van der Waals surface area contributed by atoms with Crippen molar-refractivity contribution in [3.05, 3.63) is 29.8 Å². The fraction of sp³-hybridized carbons (Fsp3) is 0.565. The number of fused-ring (bicyclic) bond motifs is 1. The van der Waals surface area contributed by atoms with Crippen molar-refractivity contribution in [3.8, 4) is 17.2 Å². The lowest BCUT2D eigenvalue weighted by Crippen LogP contribution is -2.25. The number of hydrogen-bond acceptors (Lipinski definition) is 4. The first-order valence-electron chi connectivity index (χ1n) is 9.83. The summed E-state index contributed by atoms with van der Waals surface area (Å²) in [5.74, 6) is 1.96. The summed E-state index contributed by atoms with van der Waals surface area (Å²) in [6, 6.07) is 8.31. The maximum absolute atomic E-state index is 6.29. The third-order valence-corrected chi connectivity index (χ3v) is 6.02. The van der Waals surface area contributed by atoms with E-state index in [9.17, 15) is 0 Å². The molecule has 0 aromatic heterocycles. The van der Waals surface area contributed by atoms with Crippen LogP contribution in [0.25, 0.3) is 10.8 Å². The Bertz CT molecular complexity index is 741. The van der Waals surface area contributed by atoms with Gasteiger partial charge >= 0.3 is 0 Å². The first-order chi connectivity index (χ1) is 13.0. The lowest BCUT2D eigenvalue weighted by Gasteiger charge is -2.31. The zero-order chi connectivity index (χ0) is 20.0. The van der Waals surface area contributed by atoms with E-state index in [0.717, 1.165) is 42.2 Å². The molecule has 0 amide bonds. The van der Waals surface area contributed by atoms with Gasteiger partial charge in [-0.05, 0) is 54.7 Å². The lowest BCUT2D eigenvalue weighted by molar-refractivity contribution is -0.00858. The molecule has 0 saturated heterocycles. The Morgan fingerprint density at radius 1 is 0.852 bits per heavy atom. The maximum Gasteiger partial charge on any atom is 0.203 e. The van der Waals surface area contributed by atoms with Crippen molar-refractivity contribution in [1.29, 1.82) is 0 Å². The minimum Gasteiger partial charge on any atom is -0.493 e. The van der Waals surface area contributed by atoms with Crippen molar-refractivity contribution in [1.82, 2.24) is 0 Å². The van der Waals surface area contributed by atoms with Crippen LogP contribution < -0.4 is 14.2 Å². The first-order valence-corrected chi connectivity index (χ1v) is 9.83. The Morgan fingerprint density at radius 3 is 2.00 bits per heavy atom. The van der Waals surface area contributed by atoms with E-state index in [-0.39, 0.29) is 11.5 Å². The largest absolute Gasteiger partial charge is 0.493 e. The van der Waals surface area contributed by atoms with Gasteiger partial charge in [-0.15, -0.1) is 0 Å². The molecule has 0 fully saturated rings. The molecule has 0 bridgehead atoms. The molecule has 0 spiro atoms. The van der Waals surface area contributed by atoms with Crippen LogP contribution in [0.3, 0.4) is 0 Å². The zero-order valence-electron chi connectivity index (χ0n) is 17.8.